The predicted octanol–water partition coefficient (Wildman–Crippen LogP) is 3.33. The van der Waals surface area contributed by atoms with E-state index in [2.05, 4.69) is 0 Å². The topological polar surface area (TPSA) is 61.1 Å². The number of carbonyl (C=O) groups excluding carboxylic acids is 1. The average molecular weight is 329 g/mol. The third-order valence-corrected chi connectivity index (χ3v) is 4.78. The predicted molar refractivity (Wildman–Crippen MR) is 78.0 cm³/mol. The monoisotopic (exact) mass is 329 g/mol. The van der Waals surface area contributed by atoms with Crippen LogP contribution in [0.5, 0.6) is 0 Å². The van der Waals surface area contributed by atoms with Crippen molar-refractivity contribution in [3.05, 3.63) is 58.4 Å². The second kappa shape index (κ2) is 4.46. The summed E-state index contributed by atoms with van der Waals surface area (Å²) in [5.41, 5.74) is -1.43. The molecule has 0 amide bonds. The Morgan fingerprint density at radius 1 is 1.12 bits per heavy atom. The van der Waals surface area contributed by atoms with Gasteiger partial charge in [-0.05, 0) is 34.9 Å². The molecule has 0 radical (unpaired) electrons. The first-order chi connectivity index (χ1) is 11.3. The average Bonchev–Trinajstić information content (AvgIpc) is 2.90. The van der Waals surface area contributed by atoms with Gasteiger partial charge in [0, 0.05) is 17.5 Å². The van der Waals surface area contributed by atoms with Crippen molar-refractivity contribution in [3.8, 4) is 17.2 Å². The van der Waals surface area contributed by atoms with E-state index in [0.717, 1.165) is 12.1 Å². The lowest BCUT2D eigenvalue weighted by atomic mass is 9.93. The summed E-state index contributed by atoms with van der Waals surface area (Å²) < 4.78 is 41.7. The van der Waals surface area contributed by atoms with Crippen LogP contribution in [0.4, 0.5) is 13.2 Å². The number of nitrogens with zero attached hydrogens (tertiary/aromatic N) is 1. The molecule has 2 aromatic rings. The minimum Gasteiger partial charge on any atom is -0.378 e. The van der Waals surface area contributed by atoms with Crippen LogP contribution in [0.15, 0.2) is 30.3 Å². The van der Waals surface area contributed by atoms with Crippen molar-refractivity contribution in [1.82, 2.24) is 0 Å². The van der Waals surface area contributed by atoms with Gasteiger partial charge in [-0.2, -0.15) is 5.26 Å². The van der Waals surface area contributed by atoms with Crippen molar-refractivity contribution in [2.45, 2.75) is 24.4 Å². The van der Waals surface area contributed by atoms with E-state index in [1.54, 1.807) is 0 Å². The van der Waals surface area contributed by atoms with E-state index in [4.69, 9.17) is 5.26 Å². The number of ketones is 1. The van der Waals surface area contributed by atoms with Gasteiger partial charge in [-0.25, -0.2) is 13.2 Å². The number of carbonyl (C=O) groups is 1. The summed E-state index contributed by atoms with van der Waals surface area (Å²) in [5.74, 6) is -4.57. The van der Waals surface area contributed by atoms with Crippen LogP contribution in [0.3, 0.4) is 0 Å². The number of hydrogen-bond donors (Lipinski definition) is 1. The largest absolute Gasteiger partial charge is 0.378 e. The summed E-state index contributed by atoms with van der Waals surface area (Å²) in [7, 11) is 0. The molecule has 24 heavy (non-hydrogen) atoms. The second-order valence-electron chi connectivity index (χ2n) is 6.20. The molecule has 1 N–H and O–H groups in total. The molecule has 0 heterocycles. The highest BCUT2D eigenvalue weighted by Crippen LogP contribution is 2.56. The fourth-order valence-corrected chi connectivity index (χ4v) is 3.68. The van der Waals surface area contributed by atoms with Crippen LogP contribution >= 0.6 is 0 Å². The molecule has 3 nitrogen and oxygen atoms in total. The normalized spacial score (nSPS) is 23.2. The Morgan fingerprint density at radius 2 is 1.88 bits per heavy atom. The maximum Gasteiger partial charge on any atom is 0.284 e. The van der Waals surface area contributed by atoms with E-state index in [0.29, 0.717) is 11.1 Å². The van der Waals surface area contributed by atoms with Crippen LogP contribution in [0, 0.1) is 17.1 Å². The second-order valence-corrected chi connectivity index (χ2v) is 6.20. The summed E-state index contributed by atoms with van der Waals surface area (Å²) >= 11 is 0. The lowest BCUT2D eigenvalue weighted by Gasteiger charge is -2.25. The molecule has 120 valence electrons. The smallest absolute Gasteiger partial charge is 0.284 e. The minimum atomic E-state index is -3.42. The molecular weight excluding hydrogens is 319 g/mol. The molecule has 0 saturated heterocycles. The van der Waals surface area contributed by atoms with Gasteiger partial charge in [-0.1, -0.05) is 12.1 Å². The quantitative estimate of drug-likeness (QED) is 0.873. The first-order valence-electron chi connectivity index (χ1n) is 7.28. The Labute approximate surface area is 135 Å². The summed E-state index contributed by atoms with van der Waals surface area (Å²) in [4.78, 5) is 12.1. The van der Waals surface area contributed by atoms with Crippen molar-refractivity contribution in [2.75, 3.05) is 0 Å². The molecule has 2 aromatic carbocycles. The van der Waals surface area contributed by atoms with Gasteiger partial charge in [0.1, 0.15) is 5.82 Å². The van der Waals surface area contributed by atoms with Crippen LogP contribution in [-0.4, -0.2) is 16.8 Å². The molecule has 0 aliphatic heterocycles. The van der Waals surface area contributed by atoms with E-state index in [1.807, 2.05) is 6.07 Å². The zero-order chi connectivity index (χ0) is 17.3. The van der Waals surface area contributed by atoms with Crippen LogP contribution in [-0.2, 0) is 12.0 Å². The summed E-state index contributed by atoms with van der Waals surface area (Å²) in [5, 5.41) is 19.5. The van der Waals surface area contributed by atoms with Gasteiger partial charge in [0.25, 0.3) is 5.92 Å². The summed E-state index contributed by atoms with van der Waals surface area (Å²) in [6.07, 6.45) is -1.32. The number of halogens is 3. The fraction of sp³-hybridized carbons (Fsp3) is 0.222. The molecule has 0 aromatic heterocycles. The number of Topliss-reactive ketones (excluding diaryl/α,β-unsaturated/α-hetero) is 1. The van der Waals surface area contributed by atoms with Crippen LogP contribution in [0.25, 0.3) is 11.1 Å². The standard InChI is InChI=1S/C18H10F3NO2/c19-12-1-2-13(11(4-12)8-22)9-3-10-6-18(20,21)17(24)7-15(23)14(5-9)16(10)17/h1-5,24H,6-7H2. The maximum atomic E-state index is 14.2. The van der Waals surface area contributed by atoms with Gasteiger partial charge < -0.3 is 5.11 Å². The van der Waals surface area contributed by atoms with Crippen molar-refractivity contribution in [2.24, 2.45) is 0 Å². The number of rotatable bonds is 1. The van der Waals surface area contributed by atoms with Crippen LogP contribution in [0.1, 0.15) is 33.5 Å². The number of aliphatic hydroxyl groups is 1. The van der Waals surface area contributed by atoms with Crippen molar-refractivity contribution >= 4 is 5.78 Å². The third kappa shape index (κ3) is 1.73. The molecule has 0 fully saturated rings. The van der Waals surface area contributed by atoms with Gasteiger partial charge in [-0.3, -0.25) is 4.79 Å². The Balaban J connectivity index is 1.98. The number of alkyl halides is 2. The van der Waals surface area contributed by atoms with Crippen molar-refractivity contribution in [3.63, 3.8) is 0 Å². The third-order valence-electron chi connectivity index (χ3n) is 4.78. The Morgan fingerprint density at radius 3 is 2.58 bits per heavy atom. The van der Waals surface area contributed by atoms with E-state index < -0.39 is 36.0 Å². The Bertz CT molecular complexity index is 961. The van der Waals surface area contributed by atoms with Gasteiger partial charge >= 0.3 is 0 Å². The van der Waals surface area contributed by atoms with Gasteiger partial charge in [-0.15, -0.1) is 0 Å². The van der Waals surface area contributed by atoms with Crippen LogP contribution in [0.2, 0.25) is 0 Å². The SMILES string of the molecule is N#Cc1cc(F)ccc1-c1cc2c3c(c1)C(=O)CC3(O)C(F)(F)C2. The number of nitriles is 1. The highest BCUT2D eigenvalue weighted by atomic mass is 19.3. The Hall–Kier alpha value is -2.65. The highest BCUT2D eigenvalue weighted by molar-refractivity contribution is 6.04. The summed E-state index contributed by atoms with van der Waals surface area (Å²) in [6.45, 7) is 0. The zero-order valence-corrected chi connectivity index (χ0v) is 12.2. The lowest BCUT2D eigenvalue weighted by Crippen LogP contribution is -2.40. The minimum absolute atomic E-state index is 0.0122. The molecule has 6 heteroatoms. The molecule has 1 atom stereocenters. The maximum absolute atomic E-state index is 14.2. The lowest BCUT2D eigenvalue weighted by molar-refractivity contribution is -0.169. The molecule has 1 unspecified atom stereocenters. The van der Waals surface area contributed by atoms with Gasteiger partial charge in [0.15, 0.2) is 11.4 Å². The van der Waals surface area contributed by atoms with Gasteiger partial charge in [0.05, 0.1) is 18.1 Å². The molecule has 2 aliphatic carbocycles. The van der Waals surface area contributed by atoms with E-state index in [1.165, 1.54) is 18.2 Å². The molecule has 4 rings (SSSR count). The van der Waals surface area contributed by atoms with Crippen molar-refractivity contribution in [1.29, 1.82) is 5.26 Å². The van der Waals surface area contributed by atoms with E-state index >= 15 is 0 Å². The fourth-order valence-electron chi connectivity index (χ4n) is 3.68. The first-order valence-corrected chi connectivity index (χ1v) is 7.28. The zero-order valence-electron chi connectivity index (χ0n) is 12.2. The molecular formula is C18H10F3NO2. The number of hydrogen-bond acceptors (Lipinski definition) is 3. The highest BCUT2D eigenvalue weighted by Gasteiger charge is 2.64. The van der Waals surface area contributed by atoms with E-state index in [9.17, 15) is 23.1 Å². The van der Waals surface area contributed by atoms with Crippen LogP contribution < -0.4 is 0 Å². The van der Waals surface area contributed by atoms with E-state index in [-0.39, 0.29) is 22.3 Å². The number of benzene rings is 2. The summed E-state index contributed by atoms with van der Waals surface area (Å²) in [6, 6.07) is 8.29. The van der Waals surface area contributed by atoms with Gasteiger partial charge in [0.2, 0.25) is 0 Å². The molecule has 0 spiro atoms. The first kappa shape index (κ1) is 14.9. The molecule has 0 saturated carbocycles. The Kier molecular flexibility index (Phi) is 2.77. The van der Waals surface area contributed by atoms with Crippen molar-refractivity contribution < 1.29 is 23.1 Å². The molecule has 2 aliphatic rings. The molecule has 0 bridgehead atoms.